The van der Waals surface area contributed by atoms with Gasteiger partial charge in [0.05, 0.1) is 11.5 Å². The van der Waals surface area contributed by atoms with E-state index in [0.29, 0.717) is 18.0 Å². The predicted octanol–water partition coefficient (Wildman–Crippen LogP) is 0.783. The van der Waals surface area contributed by atoms with Gasteiger partial charge in [0.25, 0.3) is 0 Å². The number of fused-ring (bicyclic) bond motifs is 1. The number of hydrogen-bond donors (Lipinski definition) is 1. The molecular formula is C17H27N3O3S. The van der Waals surface area contributed by atoms with Gasteiger partial charge in [0.1, 0.15) is 5.75 Å². The molecule has 1 atom stereocenters. The van der Waals surface area contributed by atoms with Crippen LogP contribution in [0.3, 0.4) is 0 Å². The molecule has 2 heterocycles. The Labute approximate surface area is 144 Å². The van der Waals surface area contributed by atoms with Gasteiger partial charge in [-0.1, -0.05) is 6.92 Å². The Balaban J connectivity index is 1.53. The maximum atomic E-state index is 12.5. The van der Waals surface area contributed by atoms with E-state index in [1.807, 2.05) is 0 Å². The van der Waals surface area contributed by atoms with Gasteiger partial charge in [-0.2, -0.15) is 0 Å². The van der Waals surface area contributed by atoms with Gasteiger partial charge < -0.3 is 14.5 Å². The molecule has 134 valence electrons. The van der Waals surface area contributed by atoms with Crippen LogP contribution in [0.5, 0.6) is 5.75 Å². The maximum Gasteiger partial charge on any atom is 0.240 e. The summed E-state index contributed by atoms with van der Waals surface area (Å²) in [6.07, 6.45) is 0.776. The molecule has 0 radical (unpaired) electrons. The van der Waals surface area contributed by atoms with Gasteiger partial charge in [-0.05, 0) is 36.7 Å². The fourth-order valence-corrected chi connectivity index (χ4v) is 4.42. The van der Waals surface area contributed by atoms with E-state index in [1.54, 1.807) is 18.2 Å². The standard InChI is InChI=1S/C17H27N3O3S/c1-14(13-20-8-6-19(2)7-9-20)12-18-24(21,22)16-3-4-17-15(11-16)5-10-23-17/h3-4,11,14,18H,5-10,12-13H2,1-2H3. The first-order valence-electron chi connectivity index (χ1n) is 8.60. The molecule has 3 rings (SSSR count). The number of nitrogens with zero attached hydrogens (tertiary/aromatic N) is 2. The molecule has 2 aliphatic rings. The van der Waals surface area contributed by atoms with E-state index < -0.39 is 10.0 Å². The van der Waals surface area contributed by atoms with E-state index in [1.165, 1.54) is 0 Å². The molecule has 0 amide bonds. The van der Waals surface area contributed by atoms with Crippen LogP contribution in [-0.4, -0.2) is 71.1 Å². The minimum absolute atomic E-state index is 0.279. The van der Waals surface area contributed by atoms with Crippen molar-refractivity contribution >= 4 is 10.0 Å². The van der Waals surface area contributed by atoms with Crippen molar-refractivity contribution in [2.24, 2.45) is 5.92 Å². The van der Waals surface area contributed by atoms with Gasteiger partial charge in [-0.15, -0.1) is 0 Å². The molecule has 1 aromatic carbocycles. The van der Waals surface area contributed by atoms with Crippen molar-refractivity contribution in [2.45, 2.75) is 18.2 Å². The summed E-state index contributed by atoms with van der Waals surface area (Å²) in [5, 5.41) is 0. The van der Waals surface area contributed by atoms with Gasteiger partial charge in [-0.3, -0.25) is 0 Å². The molecule has 1 N–H and O–H groups in total. The number of likely N-dealkylation sites (N-methyl/N-ethyl adjacent to an activating group) is 1. The molecule has 1 unspecified atom stereocenters. The molecule has 0 spiro atoms. The van der Waals surface area contributed by atoms with Crippen LogP contribution in [0.4, 0.5) is 0 Å². The van der Waals surface area contributed by atoms with Crippen LogP contribution in [0.2, 0.25) is 0 Å². The van der Waals surface area contributed by atoms with Gasteiger partial charge in [0.2, 0.25) is 10.0 Å². The zero-order chi connectivity index (χ0) is 17.2. The van der Waals surface area contributed by atoms with Gasteiger partial charge >= 0.3 is 0 Å². The second-order valence-electron chi connectivity index (χ2n) is 6.93. The molecule has 0 aromatic heterocycles. The molecule has 2 aliphatic heterocycles. The number of ether oxygens (including phenoxy) is 1. The second kappa shape index (κ2) is 7.39. The molecule has 1 saturated heterocycles. The lowest BCUT2D eigenvalue weighted by molar-refractivity contribution is 0.139. The fraction of sp³-hybridized carbons (Fsp3) is 0.647. The Morgan fingerprint density at radius 2 is 2.00 bits per heavy atom. The van der Waals surface area contributed by atoms with Crippen LogP contribution in [0.1, 0.15) is 12.5 Å². The van der Waals surface area contributed by atoms with Crippen molar-refractivity contribution < 1.29 is 13.2 Å². The predicted molar refractivity (Wildman–Crippen MR) is 93.9 cm³/mol. The highest BCUT2D eigenvalue weighted by Gasteiger charge is 2.21. The molecule has 6 nitrogen and oxygen atoms in total. The highest BCUT2D eigenvalue weighted by atomic mass is 32.2. The Morgan fingerprint density at radius 1 is 1.25 bits per heavy atom. The van der Waals surface area contributed by atoms with Crippen molar-refractivity contribution in [3.63, 3.8) is 0 Å². The van der Waals surface area contributed by atoms with Crippen LogP contribution in [0, 0.1) is 5.92 Å². The Kier molecular flexibility index (Phi) is 5.44. The molecule has 0 bridgehead atoms. The van der Waals surface area contributed by atoms with Crippen LogP contribution < -0.4 is 9.46 Å². The SMILES string of the molecule is CC(CNS(=O)(=O)c1ccc2c(c1)CCO2)CN1CCN(C)CC1. The summed E-state index contributed by atoms with van der Waals surface area (Å²) in [6.45, 7) is 8.38. The highest BCUT2D eigenvalue weighted by Crippen LogP contribution is 2.27. The number of benzene rings is 1. The number of piperazine rings is 1. The summed E-state index contributed by atoms with van der Waals surface area (Å²) in [5.74, 6) is 1.08. The lowest BCUT2D eigenvalue weighted by atomic mass is 10.1. The Bertz CT molecular complexity index is 670. The largest absolute Gasteiger partial charge is 0.493 e. The molecular weight excluding hydrogens is 326 g/mol. The van der Waals surface area contributed by atoms with Gasteiger partial charge in [-0.25, -0.2) is 13.1 Å². The first-order chi connectivity index (χ1) is 11.4. The number of rotatable bonds is 6. The van der Waals surface area contributed by atoms with Crippen LogP contribution >= 0.6 is 0 Å². The van der Waals surface area contributed by atoms with Gasteiger partial charge in [0.15, 0.2) is 0 Å². The summed E-state index contributed by atoms with van der Waals surface area (Å²) in [5.41, 5.74) is 0.975. The van der Waals surface area contributed by atoms with Crippen molar-refractivity contribution in [3.8, 4) is 5.75 Å². The summed E-state index contributed by atoms with van der Waals surface area (Å²) in [7, 11) is -1.32. The summed E-state index contributed by atoms with van der Waals surface area (Å²) >= 11 is 0. The monoisotopic (exact) mass is 353 g/mol. The third-order valence-corrected chi connectivity index (χ3v) is 6.18. The Hall–Kier alpha value is -1.15. The average Bonchev–Trinajstić information content (AvgIpc) is 3.03. The van der Waals surface area contributed by atoms with Gasteiger partial charge in [0, 0.05) is 45.7 Å². The average molecular weight is 353 g/mol. The molecule has 1 aromatic rings. The number of sulfonamides is 1. The van der Waals surface area contributed by atoms with E-state index in [4.69, 9.17) is 4.74 Å². The molecule has 24 heavy (non-hydrogen) atoms. The van der Waals surface area contributed by atoms with E-state index in [2.05, 4.69) is 28.5 Å². The van der Waals surface area contributed by atoms with E-state index in [9.17, 15) is 8.42 Å². The van der Waals surface area contributed by atoms with E-state index in [0.717, 1.165) is 50.5 Å². The van der Waals surface area contributed by atoms with Crippen LogP contribution in [-0.2, 0) is 16.4 Å². The number of nitrogens with one attached hydrogen (secondary N) is 1. The summed E-state index contributed by atoms with van der Waals surface area (Å²) in [6, 6.07) is 5.11. The lowest BCUT2D eigenvalue weighted by Gasteiger charge is -2.33. The zero-order valence-electron chi connectivity index (χ0n) is 14.5. The highest BCUT2D eigenvalue weighted by molar-refractivity contribution is 7.89. The second-order valence-corrected chi connectivity index (χ2v) is 8.70. The molecule has 7 heteroatoms. The van der Waals surface area contributed by atoms with Crippen molar-refractivity contribution in [1.82, 2.24) is 14.5 Å². The van der Waals surface area contributed by atoms with Crippen molar-refractivity contribution in [3.05, 3.63) is 23.8 Å². The quantitative estimate of drug-likeness (QED) is 0.819. The third-order valence-electron chi connectivity index (χ3n) is 4.76. The smallest absolute Gasteiger partial charge is 0.240 e. The number of hydrogen-bond acceptors (Lipinski definition) is 5. The zero-order valence-corrected chi connectivity index (χ0v) is 15.3. The fourth-order valence-electron chi connectivity index (χ4n) is 3.20. The summed E-state index contributed by atoms with van der Waals surface area (Å²) < 4.78 is 33.2. The van der Waals surface area contributed by atoms with Crippen molar-refractivity contribution in [2.75, 3.05) is 52.9 Å². The molecule has 1 fully saturated rings. The van der Waals surface area contributed by atoms with E-state index in [-0.39, 0.29) is 5.92 Å². The first-order valence-corrected chi connectivity index (χ1v) is 10.1. The Morgan fingerprint density at radius 3 is 2.75 bits per heavy atom. The molecule has 0 saturated carbocycles. The molecule has 0 aliphatic carbocycles. The lowest BCUT2D eigenvalue weighted by Crippen LogP contribution is -2.46. The summed E-state index contributed by atoms with van der Waals surface area (Å²) in [4.78, 5) is 5.06. The van der Waals surface area contributed by atoms with E-state index >= 15 is 0 Å². The van der Waals surface area contributed by atoms with Crippen LogP contribution in [0.15, 0.2) is 23.1 Å². The maximum absolute atomic E-state index is 12.5. The third kappa shape index (κ3) is 4.27. The topological polar surface area (TPSA) is 61.9 Å². The first kappa shape index (κ1) is 17.7. The normalized spacial score (nSPS) is 20.6. The van der Waals surface area contributed by atoms with Crippen LogP contribution in [0.25, 0.3) is 0 Å². The minimum Gasteiger partial charge on any atom is -0.493 e. The van der Waals surface area contributed by atoms with Crippen molar-refractivity contribution in [1.29, 1.82) is 0 Å². The minimum atomic E-state index is -3.46.